The highest BCUT2D eigenvalue weighted by molar-refractivity contribution is 8.00. The van der Waals surface area contributed by atoms with Crippen molar-refractivity contribution in [2.75, 3.05) is 5.75 Å². The van der Waals surface area contributed by atoms with Gasteiger partial charge in [-0.05, 0) is 31.9 Å². The van der Waals surface area contributed by atoms with Gasteiger partial charge in [-0.25, -0.2) is 0 Å². The molecule has 0 saturated heterocycles. The van der Waals surface area contributed by atoms with Crippen molar-refractivity contribution in [1.29, 1.82) is 0 Å². The fourth-order valence-electron chi connectivity index (χ4n) is 1.74. The molecule has 0 bridgehead atoms. The van der Waals surface area contributed by atoms with Crippen LogP contribution in [0.5, 0.6) is 0 Å². The molecule has 0 aliphatic rings. The topological polar surface area (TPSA) is 22.0 Å². The maximum absolute atomic E-state index is 10.8. The molecular formula is C15H23NOS. The van der Waals surface area contributed by atoms with Gasteiger partial charge in [-0.3, -0.25) is 4.79 Å². The second-order valence-corrected chi connectivity index (χ2v) is 7.11. The van der Waals surface area contributed by atoms with Crippen LogP contribution >= 0.6 is 11.8 Å². The van der Waals surface area contributed by atoms with Crippen LogP contribution in [0.3, 0.4) is 0 Å². The minimum atomic E-state index is 0.271. The van der Waals surface area contributed by atoms with Crippen molar-refractivity contribution in [3.05, 3.63) is 36.2 Å². The maximum Gasteiger partial charge on any atom is 0.166 e. The molecule has 0 aliphatic carbocycles. The fourth-order valence-corrected chi connectivity index (χ4v) is 2.83. The predicted molar refractivity (Wildman–Crippen MR) is 80.4 cm³/mol. The lowest BCUT2D eigenvalue weighted by molar-refractivity contribution is 0.111. The van der Waals surface area contributed by atoms with Crippen LogP contribution < -0.4 is 0 Å². The van der Waals surface area contributed by atoms with E-state index in [9.17, 15) is 4.79 Å². The molecule has 3 heteroatoms. The molecule has 0 radical (unpaired) electrons. The van der Waals surface area contributed by atoms with Gasteiger partial charge in [-0.1, -0.05) is 19.4 Å². The standard InChI is InChI=1S/C15H23NOS/c1-13(2)7-8-15(3,4)18-11-10-16-9-5-6-14(16)12-17/h5-6,9,12H,1,7-8,10-11H2,2-4H3. The van der Waals surface area contributed by atoms with Crippen LogP contribution in [0.2, 0.25) is 0 Å². The van der Waals surface area contributed by atoms with Crippen LogP contribution in [0.25, 0.3) is 0 Å². The molecule has 2 nitrogen and oxygen atoms in total. The Labute approximate surface area is 114 Å². The summed E-state index contributed by atoms with van der Waals surface area (Å²) >= 11 is 1.96. The fraction of sp³-hybridized carbons (Fsp3) is 0.533. The quantitative estimate of drug-likeness (QED) is 0.520. The van der Waals surface area contributed by atoms with Gasteiger partial charge in [0.2, 0.25) is 0 Å². The molecule has 0 atom stereocenters. The Morgan fingerprint density at radius 1 is 1.56 bits per heavy atom. The number of aryl methyl sites for hydroxylation is 1. The molecule has 0 N–H and O–H groups in total. The monoisotopic (exact) mass is 265 g/mol. The first kappa shape index (κ1) is 15.1. The van der Waals surface area contributed by atoms with Gasteiger partial charge in [0.15, 0.2) is 6.29 Å². The van der Waals surface area contributed by atoms with Gasteiger partial charge in [0.1, 0.15) is 0 Å². The molecule has 0 fully saturated rings. The lowest BCUT2D eigenvalue weighted by atomic mass is 10.0. The molecular weight excluding hydrogens is 242 g/mol. The number of hydrogen-bond acceptors (Lipinski definition) is 2. The predicted octanol–water partition coefficient (Wildman–Crippen LogP) is 4.17. The van der Waals surface area contributed by atoms with Gasteiger partial charge in [-0.15, -0.1) is 6.58 Å². The highest BCUT2D eigenvalue weighted by atomic mass is 32.2. The van der Waals surface area contributed by atoms with Crippen molar-refractivity contribution in [3.63, 3.8) is 0 Å². The summed E-state index contributed by atoms with van der Waals surface area (Å²) in [6.07, 6.45) is 5.12. The van der Waals surface area contributed by atoms with Gasteiger partial charge in [0, 0.05) is 23.2 Å². The third-order valence-corrected chi connectivity index (χ3v) is 4.34. The van der Waals surface area contributed by atoms with Crippen LogP contribution in [-0.2, 0) is 6.54 Å². The number of thioether (sulfide) groups is 1. The second kappa shape index (κ2) is 6.83. The van der Waals surface area contributed by atoms with E-state index >= 15 is 0 Å². The minimum Gasteiger partial charge on any atom is -0.345 e. The Morgan fingerprint density at radius 3 is 2.89 bits per heavy atom. The number of hydrogen-bond donors (Lipinski definition) is 0. The molecule has 1 aromatic heterocycles. The van der Waals surface area contributed by atoms with E-state index in [1.807, 2.05) is 34.7 Å². The summed E-state index contributed by atoms with van der Waals surface area (Å²) in [6.45, 7) is 11.5. The molecule has 0 aliphatic heterocycles. The van der Waals surface area contributed by atoms with Crippen LogP contribution in [-0.4, -0.2) is 21.4 Å². The number of rotatable bonds is 8. The number of carbonyl (C=O) groups excluding carboxylic acids is 1. The van der Waals surface area contributed by atoms with E-state index in [-0.39, 0.29) is 4.75 Å². The van der Waals surface area contributed by atoms with Crippen molar-refractivity contribution < 1.29 is 4.79 Å². The number of aldehydes is 1. The van der Waals surface area contributed by atoms with Crippen LogP contribution in [0.4, 0.5) is 0 Å². The Morgan fingerprint density at radius 2 is 2.28 bits per heavy atom. The minimum absolute atomic E-state index is 0.271. The molecule has 0 amide bonds. The lowest BCUT2D eigenvalue weighted by Gasteiger charge is -2.24. The van der Waals surface area contributed by atoms with Gasteiger partial charge in [0.05, 0.1) is 5.69 Å². The summed E-state index contributed by atoms with van der Waals surface area (Å²) < 4.78 is 2.28. The number of nitrogens with zero attached hydrogens (tertiary/aromatic N) is 1. The second-order valence-electron chi connectivity index (χ2n) is 5.31. The molecule has 0 saturated carbocycles. The summed E-state index contributed by atoms with van der Waals surface area (Å²) in [7, 11) is 0. The first-order chi connectivity index (χ1) is 8.44. The van der Waals surface area contributed by atoms with Crippen LogP contribution in [0.15, 0.2) is 30.5 Å². The van der Waals surface area contributed by atoms with Crippen LogP contribution in [0.1, 0.15) is 44.1 Å². The van der Waals surface area contributed by atoms with E-state index < -0.39 is 0 Å². The highest BCUT2D eigenvalue weighted by Crippen LogP contribution is 2.30. The maximum atomic E-state index is 10.8. The van der Waals surface area contributed by atoms with Crippen molar-refractivity contribution >= 4 is 18.0 Å². The van der Waals surface area contributed by atoms with Crippen molar-refractivity contribution in [3.8, 4) is 0 Å². The van der Waals surface area contributed by atoms with E-state index in [0.29, 0.717) is 0 Å². The SMILES string of the molecule is C=C(C)CCC(C)(C)SCCn1cccc1C=O. The summed E-state index contributed by atoms with van der Waals surface area (Å²) in [5.74, 6) is 1.03. The normalized spacial score (nSPS) is 11.5. The first-order valence-electron chi connectivity index (χ1n) is 6.33. The first-order valence-corrected chi connectivity index (χ1v) is 7.32. The zero-order chi connectivity index (χ0) is 13.6. The average molecular weight is 265 g/mol. The smallest absolute Gasteiger partial charge is 0.166 e. The Balaban J connectivity index is 2.36. The van der Waals surface area contributed by atoms with Crippen LogP contribution in [0, 0.1) is 0 Å². The van der Waals surface area contributed by atoms with E-state index in [1.54, 1.807) is 0 Å². The summed E-state index contributed by atoms with van der Waals surface area (Å²) in [5, 5.41) is 0. The molecule has 1 heterocycles. The number of carbonyl (C=O) groups is 1. The molecule has 100 valence electrons. The third kappa shape index (κ3) is 5.13. The van der Waals surface area contributed by atoms with Gasteiger partial charge in [-0.2, -0.15) is 11.8 Å². The Bertz CT molecular complexity index is 406. The highest BCUT2D eigenvalue weighted by Gasteiger charge is 2.17. The zero-order valence-corrected chi connectivity index (χ0v) is 12.4. The summed E-state index contributed by atoms with van der Waals surface area (Å²) in [6, 6.07) is 3.77. The van der Waals surface area contributed by atoms with E-state index in [1.165, 1.54) is 5.57 Å². The zero-order valence-electron chi connectivity index (χ0n) is 11.6. The lowest BCUT2D eigenvalue weighted by Crippen LogP contribution is -2.17. The third-order valence-electron chi connectivity index (χ3n) is 2.96. The Kier molecular flexibility index (Phi) is 5.73. The molecule has 0 unspecified atom stereocenters. The number of aromatic nitrogens is 1. The van der Waals surface area contributed by atoms with E-state index in [2.05, 4.69) is 27.4 Å². The molecule has 1 aromatic rings. The average Bonchev–Trinajstić information content (AvgIpc) is 2.74. The van der Waals surface area contributed by atoms with Crippen molar-refractivity contribution in [1.82, 2.24) is 4.57 Å². The van der Waals surface area contributed by atoms with Crippen molar-refractivity contribution in [2.24, 2.45) is 0 Å². The molecule has 0 aromatic carbocycles. The van der Waals surface area contributed by atoms with Crippen molar-refractivity contribution in [2.45, 2.75) is 44.9 Å². The largest absolute Gasteiger partial charge is 0.345 e. The molecule has 18 heavy (non-hydrogen) atoms. The van der Waals surface area contributed by atoms with Gasteiger partial charge in [0.25, 0.3) is 0 Å². The molecule has 0 spiro atoms. The van der Waals surface area contributed by atoms with E-state index in [0.717, 1.165) is 37.1 Å². The van der Waals surface area contributed by atoms with E-state index in [4.69, 9.17) is 0 Å². The van der Waals surface area contributed by atoms with Gasteiger partial charge < -0.3 is 4.57 Å². The molecule has 1 rings (SSSR count). The Hall–Kier alpha value is -0.960. The summed E-state index contributed by atoms with van der Waals surface area (Å²) in [5.41, 5.74) is 2.01. The summed E-state index contributed by atoms with van der Waals surface area (Å²) in [4.78, 5) is 10.8. The number of allylic oxidation sites excluding steroid dienone is 1. The van der Waals surface area contributed by atoms with Gasteiger partial charge >= 0.3 is 0 Å².